The number of carbonyl (C=O) groups is 1. The molecule has 0 spiro atoms. The Morgan fingerprint density at radius 3 is 3.00 bits per heavy atom. The zero-order valence-electron chi connectivity index (χ0n) is 11.7. The number of nitrogens with zero attached hydrogens (tertiary/aromatic N) is 1. The number of carboxylic acid groups (broad SMARTS) is 1. The summed E-state index contributed by atoms with van der Waals surface area (Å²) in [5.74, 6) is -0.0343. The van der Waals surface area contributed by atoms with E-state index in [0.29, 0.717) is 6.61 Å². The van der Waals surface area contributed by atoms with Crippen LogP contribution in [0.4, 0.5) is 0 Å². The van der Waals surface area contributed by atoms with Crippen molar-refractivity contribution in [2.75, 3.05) is 6.61 Å². The van der Waals surface area contributed by atoms with Crippen LogP contribution in [0.25, 0.3) is 0 Å². The van der Waals surface area contributed by atoms with Crippen molar-refractivity contribution in [3.63, 3.8) is 0 Å². The van der Waals surface area contributed by atoms with Crippen LogP contribution in [-0.4, -0.2) is 22.7 Å². The molecule has 0 amide bonds. The van der Waals surface area contributed by atoms with Crippen molar-refractivity contribution in [1.29, 1.82) is 0 Å². The van der Waals surface area contributed by atoms with Crippen molar-refractivity contribution >= 4 is 17.3 Å². The molecule has 1 aliphatic rings. The number of rotatable bonds is 6. The third-order valence-corrected chi connectivity index (χ3v) is 4.55. The first-order valence-electron chi connectivity index (χ1n) is 7.14. The predicted molar refractivity (Wildman–Crippen MR) is 81.4 cm³/mol. The van der Waals surface area contributed by atoms with E-state index in [1.54, 1.807) is 5.38 Å². The average Bonchev–Trinajstić information content (AvgIpc) is 3.12. The first kappa shape index (κ1) is 14.1. The maximum atomic E-state index is 10.7. The van der Waals surface area contributed by atoms with E-state index in [1.165, 1.54) is 35.3 Å². The summed E-state index contributed by atoms with van der Waals surface area (Å²) in [6, 6.07) is 6.35. The summed E-state index contributed by atoms with van der Waals surface area (Å²) in [5.41, 5.74) is 3.00. The molecule has 1 aromatic carbocycles. The molecule has 0 unspecified atom stereocenters. The number of carboxylic acids is 1. The lowest BCUT2D eigenvalue weighted by Crippen LogP contribution is -2.01. The fraction of sp³-hybridized carbons (Fsp3) is 0.375. The maximum Gasteiger partial charge on any atom is 0.355 e. The summed E-state index contributed by atoms with van der Waals surface area (Å²) in [6.45, 7) is 0.626. The predicted octanol–water partition coefficient (Wildman–Crippen LogP) is 3.34. The lowest BCUT2D eigenvalue weighted by molar-refractivity contribution is 0.0691. The molecule has 0 aliphatic heterocycles. The topological polar surface area (TPSA) is 59.4 Å². The van der Waals surface area contributed by atoms with Gasteiger partial charge < -0.3 is 9.84 Å². The summed E-state index contributed by atoms with van der Waals surface area (Å²) in [6.07, 6.45) is 5.18. The molecule has 0 bridgehead atoms. The van der Waals surface area contributed by atoms with Crippen LogP contribution in [0.3, 0.4) is 0 Å². The largest absolute Gasteiger partial charge is 0.494 e. The first-order chi connectivity index (χ1) is 10.2. The van der Waals surface area contributed by atoms with Gasteiger partial charge in [-0.2, -0.15) is 0 Å². The molecular formula is C16H17NO3S. The quantitative estimate of drug-likeness (QED) is 0.831. The van der Waals surface area contributed by atoms with Crippen LogP contribution < -0.4 is 4.74 Å². The van der Waals surface area contributed by atoms with Gasteiger partial charge >= 0.3 is 5.97 Å². The minimum atomic E-state index is -0.966. The zero-order valence-corrected chi connectivity index (χ0v) is 12.5. The number of aryl methyl sites for hydroxylation is 3. The highest BCUT2D eigenvalue weighted by atomic mass is 32.1. The van der Waals surface area contributed by atoms with E-state index in [-0.39, 0.29) is 5.69 Å². The smallest absolute Gasteiger partial charge is 0.355 e. The SMILES string of the molecule is O=C(O)c1csc(CCCOc2ccc3c(c2)CCC3)n1. The van der Waals surface area contributed by atoms with Crippen LogP contribution in [0.5, 0.6) is 5.75 Å². The lowest BCUT2D eigenvalue weighted by Gasteiger charge is -2.07. The van der Waals surface area contributed by atoms with Crippen LogP contribution in [0.15, 0.2) is 23.6 Å². The highest BCUT2D eigenvalue weighted by Crippen LogP contribution is 2.26. The number of hydrogen-bond donors (Lipinski definition) is 1. The number of benzene rings is 1. The van der Waals surface area contributed by atoms with Gasteiger partial charge in [0.1, 0.15) is 5.75 Å². The molecule has 0 radical (unpaired) electrons. The Labute approximate surface area is 127 Å². The summed E-state index contributed by atoms with van der Waals surface area (Å²) in [4.78, 5) is 14.8. The maximum absolute atomic E-state index is 10.7. The van der Waals surface area contributed by atoms with Gasteiger partial charge in [0.05, 0.1) is 11.6 Å². The van der Waals surface area contributed by atoms with Crippen LogP contribution >= 0.6 is 11.3 Å². The molecule has 5 heteroatoms. The van der Waals surface area contributed by atoms with Crippen LogP contribution in [0.2, 0.25) is 0 Å². The third-order valence-electron chi connectivity index (χ3n) is 3.64. The number of hydrogen-bond acceptors (Lipinski definition) is 4. The number of aromatic carboxylic acids is 1. The van der Waals surface area contributed by atoms with Crippen molar-refractivity contribution in [2.45, 2.75) is 32.1 Å². The van der Waals surface area contributed by atoms with Gasteiger partial charge in [-0.1, -0.05) is 6.07 Å². The van der Waals surface area contributed by atoms with E-state index in [9.17, 15) is 4.79 Å². The molecule has 4 nitrogen and oxygen atoms in total. The molecule has 2 aromatic rings. The van der Waals surface area contributed by atoms with Gasteiger partial charge in [-0.25, -0.2) is 9.78 Å². The van der Waals surface area contributed by atoms with E-state index < -0.39 is 5.97 Å². The average molecular weight is 303 g/mol. The van der Waals surface area contributed by atoms with Crippen molar-refractivity contribution in [3.8, 4) is 5.75 Å². The minimum absolute atomic E-state index is 0.134. The fourth-order valence-corrected chi connectivity index (χ4v) is 3.39. The van der Waals surface area contributed by atoms with E-state index in [1.807, 2.05) is 6.07 Å². The molecular weight excluding hydrogens is 286 g/mol. The number of thiazole rings is 1. The minimum Gasteiger partial charge on any atom is -0.494 e. The standard InChI is InChI=1S/C16H17NO3S/c18-16(19)14-10-21-15(17-14)5-2-8-20-13-7-6-11-3-1-4-12(11)9-13/h6-7,9-10H,1-5,8H2,(H,18,19). The number of fused-ring (bicyclic) bond motifs is 1. The van der Waals surface area contributed by atoms with E-state index >= 15 is 0 Å². The Morgan fingerprint density at radius 1 is 1.33 bits per heavy atom. The van der Waals surface area contributed by atoms with Crippen molar-refractivity contribution in [2.24, 2.45) is 0 Å². The molecule has 110 valence electrons. The second-order valence-corrected chi connectivity index (χ2v) is 6.11. The van der Waals surface area contributed by atoms with Gasteiger partial charge in [-0.3, -0.25) is 0 Å². The first-order valence-corrected chi connectivity index (χ1v) is 8.02. The Hall–Kier alpha value is -1.88. The van der Waals surface area contributed by atoms with Crippen LogP contribution in [-0.2, 0) is 19.3 Å². The van der Waals surface area contributed by atoms with Crippen LogP contribution in [0, 0.1) is 0 Å². The third kappa shape index (κ3) is 3.42. The van der Waals surface area contributed by atoms with E-state index in [2.05, 4.69) is 17.1 Å². The second-order valence-electron chi connectivity index (χ2n) is 5.17. The molecule has 3 rings (SSSR count). The lowest BCUT2D eigenvalue weighted by atomic mass is 10.1. The molecule has 0 saturated heterocycles. The molecule has 1 aliphatic carbocycles. The molecule has 1 N–H and O–H groups in total. The summed E-state index contributed by atoms with van der Waals surface area (Å²) >= 11 is 1.39. The normalized spacial score (nSPS) is 13.1. The Balaban J connectivity index is 1.46. The summed E-state index contributed by atoms with van der Waals surface area (Å²) in [5, 5.41) is 11.2. The fourth-order valence-electron chi connectivity index (χ4n) is 2.58. The van der Waals surface area contributed by atoms with Gasteiger partial charge in [0.25, 0.3) is 0 Å². The highest BCUT2D eigenvalue weighted by molar-refractivity contribution is 7.09. The van der Waals surface area contributed by atoms with Crippen molar-refractivity contribution in [3.05, 3.63) is 45.4 Å². The molecule has 0 atom stereocenters. The summed E-state index contributed by atoms with van der Waals surface area (Å²) < 4.78 is 5.77. The van der Waals surface area contributed by atoms with Gasteiger partial charge in [-0.15, -0.1) is 11.3 Å². The number of aromatic nitrogens is 1. The van der Waals surface area contributed by atoms with Gasteiger partial charge in [0.2, 0.25) is 0 Å². The molecule has 0 saturated carbocycles. The molecule has 21 heavy (non-hydrogen) atoms. The van der Waals surface area contributed by atoms with Gasteiger partial charge in [0.15, 0.2) is 5.69 Å². The van der Waals surface area contributed by atoms with Crippen molar-refractivity contribution in [1.82, 2.24) is 4.98 Å². The second kappa shape index (κ2) is 6.26. The van der Waals surface area contributed by atoms with Crippen LogP contribution in [0.1, 0.15) is 39.5 Å². The van der Waals surface area contributed by atoms with Gasteiger partial charge in [0, 0.05) is 11.8 Å². The highest BCUT2D eigenvalue weighted by Gasteiger charge is 2.11. The molecule has 1 heterocycles. The summed E-state index contributed by atoms with van der Waals surface area (Å²) in [7, 11) is 0. The van der Waals surface area contributed by atoms with E-state index in [4.69, 9.17) is 9.84 Å². The Kier molecular flexibility index (Phi) is 4.20. The van der Waals surface area contributed by atoms with Crippen molar-refractivity contribution < 1.29 is 14.6 Å². The molecule has 1 aromatic heterocycles. The zero-order chi connectivity index (χ0) is 14.7. The van der Waals surface area contributed by atoms with E-state index in [0.717, 1.165) is 30.0 Å². The monoisotopic (exact) mass is 303 g/mol. The Morgan fingerprint density at radius 2 is 2.19 bits per heavy atom. The molecule has 0 fully saturated rings. The number of ether oxygens (including phenoxy) is 1. The van der Waals surface area contributed by atoms with Gasteiger partial charge in [-0.05, 0) is 48.9 Å². The Bertz CT molecular complexity index is 651.